The fourth-order valence-electron chi connectivity index (χ4n) is 5.39. The number of unbranched alkanes of at least 4 members (excludes halogenated alkanes) is 12. The summed E-state index contributed by atoms with van der Waals surface area (Å²) in [6.07, 6.45) is 18.7. The molecule has 0 aliphatic carbocycles. The molecule has 0 bridgehead atoms. The Morgan fingerprint density at radius 3 is 1.79 bits per heavy atom. The molecule has 3 rings (SSSR count). The van der Waals surface area contributed by atoms with Gasteiger partial charge in [0.05, 0.1) is 13.2 Å². The first-order valence-electron chi connectivity index (χ1n) is 15.4. The maximum atomic E-state index is 15.0. The van der Waals surface area contributed by atoms with Crippen molar-refractivity contribution in [2.75, 3.05) is 13.2 Å². The Balaban J connectivity index is 1.43. The molecule has 0 aromatic heterocycles. The summed E-state index contributed by atoms with van der Waals surface area (Å²) in [4.78, 5) is 0. The quantitative estimate of drug-likeness (QED) is 0.179. The molecule has 0 amide bonds. The third-order valence-corrected chi connectivity index (χ3v) is 7.89. The molecule has 38 heavy (non-hydrogen) atoms. The summed E-state index contributed by atoms with van der Waals surface area (Å²) >= 11 is 0. The Morgan fingerprint density at radius 1 is 0.632 bits per heavy atom. The van der Waals surface area contributed by atoms with Crippen molar-refractivity contribution in [1.29, 1.82) is 0 Å². The van der Waals surface area contributed by atoms with E-state index in [9.17, 15) is 8.78 Å². The zero-order valence-corrected chi connectivity index (χ0v) is 23.9. The summed E-state index contributed by atoms with van der Waals surface area (Å²) in [5.41, 5.74) is 2.37. The van der Waals surface area contributed by atoms with Gasteiger partial charge in [-0.15, -0.1) is 0 Å². The molecule has 1 fully saturated rings. The average Bonchev–Trinajstić information content (AvgIpc) is 2.95. The summed E-state index contributed by atoms with van der Waals surface area (Å²) in [5, 5.41) is 0. The van der Waals surface area contributed by atoms with Crippen molar-refractivity contribution in [1.82, 2.24) is 0 Å². The van der Waals surface area contributed by atoms with Crippen LogP contribution in [0, 0.1) is 17.6 Å². The molecule has 0 saturated carbocycles. The van der Waals surface area contributed by atoms with Gasteiger partial charge in [-0.25, -0.2) is 8.78 Å². The average molecular weight is 529 g/mol. The highest BCUT2D eigenvalue weighted by Crippen LogP contribution is 2.31. The molecule has 2 aromatic carbocycles. The molecule has 0 atom stereocenters. The van der Waals surface area contributed by atoms with E-state index in [1.807, 2.05) is 24.3 Å². The molecule has 1 aliphatic rings. The first kappa shape index (κ1) is 30.8. The summed E-state index contributed by atoms with van der Waals surface area (Å²) in [5.74, 6) is -1.000. The second-order valence-electron chi connectivity index (χ2n) is 11.2. The van der Waals surface area contributed by atoms with Gasteiger partial charge in [-0.05, 0) is 30.4 Å². The van der Waals surface area contributed by atoms with Crippen LogP contribution in [-0.2, 0) is 15.9 Å². The SMILES string of the molecule is CCCCCCCCCCc1ccc(-c2ccc(C3OCC(CCCCCCCC)CO3)cc2)c(F)c1F. The van der Waals surface area contributed by atoms with E-state index in [1.54, 1.807) is 12.1 Å². The molecule has 0 unspecified atom stereocenters. The zero-order valence-electron chi connectivity index (χ0n) is 23.9. The van der Waals surface area contributed by atoms with Crippen LogP contribution in [0.25, 0.3) is 11.1 Å². The van der Waals surface area contributed by atoms with E-state index in [0.717, 1.165) is 24.8 Å². The number of aryl methyl sites for hydroxylation is 1. The van der Waals surface area contributed by atoms with Gasteiger partial charge in [0.2, 0.25) is 0 Å². The number of ether oxygens (including phenoxy) is 2. The smallest absolute Gasteiger partial charge is 0.183 e. The van der Waals surface area contributed by atoms with E-state index in [0.29, 0.717) is 42.2 Å². The van der Waals surface area contributed by atoms with Crippen molar-refractivity contribution in [3.63, 3.8) is 0 Å². The van der Waals surface area contributed by atoms with Crippen molar-refractivity contribution in [2.45, 2.75) is 123 Å². The van der Waals surface area contributed by atoms with E-state index in [1.165, 1.54) is 77.0 Å². The zero-order chi connectivity index (χ0) is 27.0. The molecule has 212 valence electrons. The second-order valence-corrected chi connectivity index (χ2v) is 11.2. The number of rotatable bonds is 18. The van der Waals surface area contributed by atoms with Gasteiger partial charge in [0, 0.05) is 17.0 Å². The monoisotopic (exact) mass is 528 g/mol. The molecular weight excluding hydrogens is 478 g/mol. The largest absolute Gasteiger partial charge is 0.348 e. The lowest BCUT2D eigenvalue weighted by Gasteiger charge is -2.29. The van der Waals surface area contributed by atoms with Gasteiger partial charge < -0.3 is 9.47 Å². The third-order valence-electron chi connectivity index (χ3n) is 7.89. The van der Waals surface area contributed by atoms with Crippen molar-refractivity contribution in [3.8, 4) is 11.1 Å². The normalized spacial score (nSPS) is 17.7. The Labute approximate surface area is 230 Å². The number of benzene rings is 2. The molecule has 0 N–H and O–H groups in total. The minimum Gasteiger partial charge on any atom is -0.348 e. The van der Waals surface area contributed by atoms with Crippen LogP contribution in [0.15, 0.2) is 36.4 Å². The number of hydrogen-bond donors (Lipinski definition) is 0. The summed E-state index contributed by atoms with van der Waals surface area (Å²) in [6.45, 7) is 5.89. The molecule has 2 nitrogen and oxygen atoms in total. The fraction of sp³-hybridized carbons (Fsp3) is 0.647. The molecular formula is C34H50F2O2. The molecule has 2 aromatic rings. The Kier molecular flexibility index (Phi) is 14.4. The molecule has 4 heteroatoms. The van der Waals surface area contributed by atoms with E-state index < -0.39 is 11.6 Å². The van der Waals surface area contributed by atoms with Gasteiger partial charge in [0.1, 0.15) is 0 Å². The van der Waals surface area contributed by atoms with Crippen molar-refractivity contribution in [2.24, 2.45) is 5.92 Å². The standard InChI is InChI=1S/C34H50F2O2/c1-3-5-7-9-11-12-14-16-18-29-23-24-31(33(36)32(29)35)28-19-21-30(22-20-28)34-37-25-27(26-38-34)17-15-13-10-8-6-4-2/h19-24,27,34H,3-18,25-26H2,1-2H3. The van der Waals surface area contributed by atoms with Crippen LogP contribution in [-0.4, -0.2) is 13.2 Å². The van der Waals surface area contributed by atoms with Crippen LogP contribution in [0.1, 0.15) is 128 Å². The van der Waals surface area contributed by atoms with Crippen molar-refractivity contribution >= 4 is 0 Å². The topological polar surface area (TPSA) is 18.5 Å². The lowest BCUT2D eigenvalue weighted by atomic mass is 9.98. The third kappa shape index (κ3) is 10.1. The summed E-state index contributed by atoms with van der Waals surface area (Å²) in [7, 11) is 0. The maximum absolute atomic E-state index is 15.0. The van der Waals surface area contributed by atoms with Gasteiger partial charge >= 0.3 is 0 Å². The van der Waals surface area contributed by atoms with E-state index in [-0.39, 0.29) is 6.29 Å². The molecule has 0 spiro atoms. The fourth-order valence-corrected chi connectivity index (χ4v) is 5.39. The van der Waals surface area contributed by atoms with E-state index >= 15 is 0 Å². The van der Waals surface area contributed by atoms with Crippen molar-refractivity contribution < 1.29 is 18.3 Å². The molecule has 1 aliphatic heterocycles. The van der Waals surface area contributed by atoms with Crippen LogP contribution in [0.3, 0.4) is 0 Å². The van der Waals surface area contributed by atoms with Crippen molar-refractivity contribution in [3.05, 3.63) is 59.2 Å². The number of hydrogen-bond acceptors (Lipinski definition) is 2. The minimum atomic E-state index is -0.752. The predicted octanol–water partition coefficient (Wildman–Crippen LogP) is 10.7. The first-order valence-corrected chi connectivity index (χ1v) is 15.4. The van der Waals surface area contributed by atoms with Gasteiger partial charge in [-0.3, -0.25) is 0 Å². The lowest BCUT2D eigenvalue weighted by molar-refractivity contribution is -0.206. The Hall–Kier alpha value is -1.78. The maximum Gasteiger partial charge on any atom is 0.183 e. The Bertz CT molecular complexity index is 903. The van der Waals surface area contributed by atoms with Gasteiger partial charge in [0.15, 0.2) is 17.9 Å². The highest BCUT2D eigenvalue weighted by molar-refractivity contribution is 5.65. The second kappa shape index (κ2) is 17.7. The molecule has 1 saturated heterocycles. The van der Waals surface area contributed by atoms with Crippen LogP contribution in [0.5, 0.6) is 0 Å². The van der Waals surface area contributed by atoms with Gasteiger partial charge in [0.25, 0.3) is 0 Å². The Morgan fingerprint density at radius 2 is 1.18 bits per heavy atom. The van der Waals surface area contributed by atoms with Crippen LogP contribution in [0.2, 0.25) is 0 Å². The summed E-state index contributed by atoms with van der Waals surface area (Å²) < 4.78 is 41.8. The van der Waals surface area contributed by atoms with E-state index in [2.05, 4.69) is 13.8 Å². The summed E-state index contributed by atoms with van der Waals surface area (Å²) in [6, 6.07) is 10.9. The minimum absolute atomic E-state index is 0.304. The van der Waals surface area contributed by atoms with Gasteiger partial charge in [-0.2, -0.15) is 0 Å². The molecule has 1 heterocycles. The van der Waals surface area contributed by atoms with Crippen LogP contribution < -0.4 is 0 Å². The lowest BCUT2D eigenvalue weighted by Crippen LogP contribution is -2.27. The highest BCUT2D eigenvalue weighted by Gasteiger charge is 2.23. The van der Waals surface area contributed by atoms with E-state index in [4.69, 9.17) is 9.47 Å². The van der Waals surface area contributed by atoms with Gasteiger partial charge in [-0.1, -0.05) is 134 Å². The van der Waals surface area contributed by atoms with Crippen LogP contribution >= 0.6 is 0 Å². The molecule has 0 radical (unpaired) electrons. The predicted molar refractivity (Wildman–Crippen MR) is 154 cm³/mol. The number of halogens is 2. The highest BCUT2D eigenvalue weighted by atomic mass is 19.2. The first-order chi connectivity index (χ1) is 18.6. The van der Waals surface area contributed by atoms with Crippen LogP contribution in [0.4, 0.5) is 8.78 Å².